The number of furan rings is 1. The minimum absolute atomic E-state index is 0.0440. The van der Waals surface area contributed by atoms with Gasteiger partial charge in [0.1, 0.15) is 11.4 Å². The summed E-state index contributed by atoms with van der Waals surface area (Å²) in [6, 6.07) is 8.06. The number of hydrogen-bond acceptors (Lipinski definition) is 4. The van der Waals surface area contributed by atoms with Gasteiger partial charge in [0.2, 0.25) is 0 Å². The van der Waals surface area contributed by atoms with Gasteiger partial charge in [-0.1, -0.05) is 18.5 Å². The Balaban J connectivity index is 2.29. The number of anilines is 1. The number of benzene rings is 1. The summed E-state index contributed by atoms with van der Waals surface area (Å²) in [4.78, 5) is 10.6. The lowest BCUT2D eigenvalue weighted by Gasteiger charge is -2.16. The van der Waals surface area contributed by atoms with Gasteiger partial charge in [0.05, 0.1) is 17.2 Å². The fourth-order valence-corrected chi connectivity index (χ4v) is 2.00. The second kappa shape index (κ2) is 5.75. The summed E-state index contributed by atoms with van der Waals surface area (Å²) >= 11 is 5.78. The summed E-state index contributed by atoms with van der Waals surface area (Å²) in [5.74, 6) is 0.742. The van der Waals surface area contributed by atoms with E-state index in [9.17, 15) is 10.1 Å². The van der Waals surface area contributed by atoms with Gasteiger partial charge in [-0.15, -0.1) is 0 Å². The SMILES string of the molecule is CCC(Nc1ccc(Cl)cc1[N+](=O)[O-])c1ccco1. The van der Waals surface area contributed by atoms with Crippen LogP contribution in [-0.4, -0.2) is 4.92 Å². The second-order valence-corrected chi connectivity index (χ2v) is 4.48. The third-order valence-electron chi connectivity index (χ3n) is 2.78. The molecule has 19 heavy (non-hydrogen) atoms. The fraction of sp³-hybridized carbons (Fsp3) is 0.231. The second-order valence-electron chi connectivity index (χ2n) is 4.04. The predicted molar refractivity (Wildman–Crippen MR) is 73.5 cm³/mol. The zero-order valence-corrected chi connectivity index (χ0v) is 11.1. The first-order chi connectivity index (χ1) is 9.11. The van der Waals surface area contributed by atoms with Gasteiger partial charge in [-0.2, -0.15) is 0 Å². The third kappa shape index (κ3) is 3.06. The van der Waals surface area contributed by atoms with Gasteiger partial charge in [-0.05, 0) is 30.7 Å². The number of nitro groups is 1. The molecule has 100 valence electrons. The molecule has 0 aliphatic rings. The normalized spacial score (nSPS) is 12.1. The molecule has 2 aromatic rings. The van der Waals surface area contributed by atoms with E-state index in [0.29, 0.717) is 10.7 Å². The van der Waals surface area contributed by atoms with E-state index in [1.807, 2.05) is 13.0 Å². The van der Waals surface area contributed by atoms with E-state index in [0.717, 1.165) is 12.2 Å². The Morgan fingerprint density at radius 3 is 2.84 bits per heavy atom. The van der Waals surface area contributed by atoms with Crippen molar-refractivity contribution in [3.63, 3.8) is 0 Å². The van der Waals surface area contributed by atoms with Crippen molar-refractivity contribution in [3.05, 3.63) is 57.5 Å². The molecule has 2 rings (SSSR count). The van der Waals surface area contributed by atoms with E-state index in [1.165, 1.54) is 6.07 Å². The molecule has 0 radical (unpaired) electrons. The maximum Gasteiger partial charge on any atom is 0.293 e. The van der Waals surface area contributed by atoms with Gasteiger partial charge >= 0.3 is 0 Å². The van der Waals surface area contributed by atoms with E-state index < -0.39 is 4.92 Å². The fourth-order valence-electron chi connectivity index (χ4n) is 1.83. The molecule has 0 saturated heterocycles. The average Bonchev–Trinajstić information content (AvgIpc) is 2.90. The smallest absolute Gasteiger partial charge is 0.293 e. The molecule has 0 amide bonds. The monoisotopic (exact) mass is 280 g/mol. The minimum atomic E-state index is -0.455. The zero-order valence-electron chi connectivity index (χ0n) is 10.3. The molecule has 1 unspecified atom stereocenters. The molecule has 0 fully saturated rings. The van der Waals surface area contributed by atoms with Crippen molar-refractivity contribution in [2.75, 3.05) is 5.32 Å². The first kappa shape index (κ1) is 13.4. The molecule has 1 aromatic carbocycles. The Labute approximate surface area is 115 Å². The molecule has 1 aromatic heterocycles. The average molecular weight is 281 g/mol. The van der Waals surface area contributed by atoms with Crippen LogP contribution in [0.25, 0.3) is 0 Å². The molecule has 1 atom stereocenters. The van der Waals surface area contributed by atoms with Crippen LogP contribution in [0.4, 0.5) is 11.4 Å². The van der Waals surface area contributed by atoms with E-state index in [4.69, 9.17) is 16.0 Å². The van der Waals surface area contributed by atoms with Crippen molar-refractivity contribution in [1.29, 1.82) is 0 Å². The first-order valence-electron chi connectivity index (χ1n) is 5.85. The summed E-state index contributed by atoms with van der Waals surface area (Å²) < 4.78 is 5.32. The quantitative estimate of drug-likeness (QED) is 0.651. The van der Waals surface area contributed by atoms with Crippen molar-refractivity contribution in [1.82, 2.24) is 0 Å². The standard InChI is InChI=1S/C13H13ClN2O3/c1-2-10(13-4-3-7-19-13)15-11-6-5-9(14)8-12(11)16(17)18/h3-8,10,15H,2H2,1H3. The molecule has 0 aliphatic heterocycles. The highest BCUT2D eigenvalue weighted by atomic mass is 35.5. The van der Waals surface area contributed by atoms with Crippen LogP contribution in [0.1, 0.15) is 25.1 Å². The van der Waals surface area contributed by atoms with Gasteiger partial charge in [-0.25, -0.2) is 0 Å². The number of halogens is 1. The highest BCUT2D eigenvalue weighted by molar-refractivity contribution is 6.30. The molecule has 0 aliphatic carbocycles. The van der Waals surface area contributed by atoms with Crippen molar-refractivity contribution >= 4 is 23.0 Å². The summed E-state index contributed by atoms with van der Waals surface area (Å²) in [5.41, 5.74) is 0.384. The molecule has 1 heterocycles. The van der Waals surface area contributed by atoms with Crippen LogP contribution < -0.4 is 5.32 Å². The zero-order chi connectivity index (χ0) is 13.8. The lowest BCUT2D eigenvalue weighted by molar-refractivity contribution is -0.384. The van der Waals surface area contributed by atoms with Crippen molar-refractivity contribution in [2.24, 2.45) is 0 Å². The molecule has 0 saturated carbocycles. The highest BCUT2D eigenvalue weighted by Crippen LogP contribution is 2.31. The Hall–Kier alpha value is -2.01. The van der Waals surface area contributed by atoms with Gasteiger partial charge in [0, 0.05) is 11.1 Å². The van der Waals surface area contributed by atoms with E-state index in [-0.39, 0.29) is 11.7 Å². The highest BCUT2D eigenvalue weighted by Gasteiger charge is 2.19. The van der Waals surface area contributed by atoms with Crippen LogP contribution in [0.3, 0.4) is 0 Å². The summed E-state index contributed by atoms with van der Waals surface area (Å²) in [5, 5.41) is 14.5. The molecule has 1 N–H and O–H groups in total. The largest absolute Gasteiger partial charge is 0.467 e. The summed E-state index contributed by atoms with van der Waals surface area (Å²) in [6.45, 7) is 1.97. The predicted octanol–water partition coefficient (Wildman–Crippen LogP) is 4.40. The third-order valence-corrected chi connectivity index (χ3v) is 3.02. The number of rotatable bonds is 5. The number of nitrogens with zero attached hydrogens (tertiary/aromatic N) is 1. The van der Waals surface area contributed by atoms with Crippen LogP contribution >= 0.6 is 11.6 Å². The van der Waals surface area contributed by atoms with Gasteiger partial charge < -0.3 is 9.73 Å². The van der Waals surface area contributed by atoms with E-state index >= 15 is 0 Å². The summed E-state index contributed by atoms with van der Waals surface area (Å²) in [6.07, 6.45) is 2.32. The summed E-state index contributed by atoms with van der Waals surface area (Å²) in [7, 11) is 0. The van der Waals surface area contributed by atoms with Crippen LogP contribution in [-0.2, 0) is 0 Å². The molecular weight excluding hydrogens is 268 g/mol. The van der Waals surface area contributed by atoms with Crippen LogP contribution in [0.5, 0.6) is 0 Å². The number of nitrogens with one attached hydrogen (secondary N) is 1. The lowest BCUT2D eigenvalue weighted by Crippen LogP contribution is -2.10. The molecule has 5 nitrogen and oxygen atoms in total. The Morgan fingerprint density at radius 1 is 1.47 bits per heavy atom. The van der Waals surface area contributed by atoms with E-state index in [1.54, 1.807) is 24.5 Å². The van der Waals surface area contributed by atoms with Crippen LogP contribution in [0.15, 0.2) is 41.0 Å². The maximum absolute atomic E-state index is 11.0. The molecule has 0 bridgehead atoms. The minimum Gasteiger partial charge on any atom is -0.467 e. The topological polar surface area (TPSA) is 68.3 Å². The van der Waals surface area contributed by atoms with Crippen molar-refractivity contribution < 1.29 is 9.34 Å². The van der Waals surface area contributed by atoms with Gasteiger partial charge in [-0.3, -0.25) is 10.1 Å². The van der Waals surface area contributed by atoms with Crippen molar-refractivity contribution in [3.8, 4) is 0 Å². The Bertz CT molecular complexity index is 569. The van der Waals surface area contributed by atoms with E-state index in [2.05, 4.69) is 5.32 Å². The van der Waals surface area contributed by atoms with Crippen molar-refractivity contribution in [2.45, 2.75) is 19.4 Å². The van der Waals surface area contributed by atoms with Crippen LogP contribution in [0.2, 0.25) is 5.02 Å². The maximum atomic E-state index is 11.0. The number of nitro benzene ring substituents is 1. The Morgan fingerprint density at radius 2 is 2.26 bits per heavy atom. The molecule has 6 heteroatoms. The van der Waals surface area contributed by atoms with Crippen LogP contribution in [0, 0.1) is 10.1 Å². The lowest BCUT2D eigenvalue weighted by atomic mass is 10.1. The number of hydrogen-bond donors (Lipinski definition) is 1. The van der Waals surface area contributed by atoms with Gasteiger partial charge in [0.15, 0.2) is 0 Å². The molecule has 0 spiro atoms. The Kier molecular flexibility index (Phi) is 4.06. The molecular formula is C13H13ClN2O3. The first-order valence-corrected chi connectivity index (χ1v) is 6.23. The van der Waals surface area contributed by atoms with Gasteiger partial charge in [0.25, 0.3) is 5.69 Å².